The molecule has 0 saturated heterocycles. The van der Waals surface area contributed by atoms with E-state index < -0.39 is 0 Å². The van der Waals surface area contributed by atoms with E-state index in [0.717, 1.165) is 15.4 Å². The van der Waals surface area contributed by atoms with Crippen LogP contribution < -0.4 is 19.5 Å². The van der Waals surface area contributed by atoms with Crippen LogP contribution in [0.15, 0.2) is 47.1 Å². The molecule has 1 amide bonds. The topological polar surface area (TPSA) is 69.7 Å². The summed E-state index contributed by atoms with van der Waals surface area (Å²) in [5.41, 5.74) is 1.10. The number of benzene rings is 2. The quantitative estimate of drug-likeness (QED) is 0.675. The molecule has 0 unspecified atom stereocenters. The van der Waals surface area contributed by atoms with Crippen molar-refractivity contribution in [1.82, 2.24) is 10.3 Å². The molecule has 0 radical (unpaired) electrons. The van der Waals surface area contributed by atoms with Crippen molar-refractivity contribution < 1.29 is 19.0 Å². The van der Waals surface area contributed by atoms with E-state index in [-0.39, 0.29) is 5.91 Å². The summed E-state index contributed by atoms with van der Waals surface area (Å²) in [6.45, 7) is 0. The van der Waals surface area contributed by atoms with Crippen LogP contribution in [0.25, 0.3) is 10.9 Å². The number of ether oxygens (including phenoxy) is 3. The molecule has 3 rings (SSSR count). The standard InChI is InChI=1S/C19H17BrN2O4/c1-21-19(23)13-8-11(24-2)4-5-16(13)26-17-6-7-22-15-10-18(25-3)14(20)9-12(15)17/h4-10H,1-3H3,(H,21,23). The molecule has 1 aromatic heterocycles. The minimum atomic E-state index is -0.264. The summed E-state index contributed by atoms with van der Waals surface area (Å²) in [7, 11) is 4.71. The summed E-state index contributed by atoms with van der Waals surface area (Å²) in [5.74, 6) is 1.99. The van der Waals surface area contributed by atoms with Crippen molar-refractivity contribution in [3.63, 3.8) is 0 Å². The molecule has 2 aromatic carbocycles. The number of amides is 1. The zero-order chi connectivity index (χ0) is 18.7. The van der Waals surface area contributed by atoms with Crippen LogP contribution in [0.1, 0.15) is 10.4 Å². The Balaban J connectivity index is 2.09. The lowest BCUT2D eigenvalue weighted by molar-refractivity contribution is 0.0960. The van der Waals surface area contributed by atoms with Crippen LogP contribution >= 0.6 is 15.9 Å². The number of hydrogen-bond donors (Lipinski definition) is 1. The number of pyridine rings is 1. The fourth-order valence-electron chi connectivity index (χ4n) is 2.52. The van der Waals surface area contributed by atoms with Gasteiger partial charge in [0.2, 0.25) is 0 Å². The number of fused-ring (bicyclic) bond motifs is 1. The molecule has 134 valence electrons. The molecule has 0 bridgehead atoms. The van der Waals surface area contributed by atoms with Gasteiger partial charge in [0.1, 0.15) is 23.0 Å². The van der Waals surface area contributed by atoms with Gasteiger partial charge in [-0.1, -0.05) is 0 Å². The Hall–Kier alpha value is -2.80. The summed E-state index contributed by atoms with van der Waals surface area (Å²) < 4.78 is 17.3. The van der Waals surface area contributed by atoms with Crippen molar-refractivity contribution in [2.45, 2.75) is 0 Å². The van der Waals surface area contributed by atoms with Gasteiger partial charge >= 0.3 is 0 Å². The van der Waals surface area contributed by atoms with E-state index in [1.54, 1.807) is 51.7 Å². The molecule has 0 aliphatic carbocycles. The molecule has 3 aromatic rings. The highest BCUT2D eigenvalue weighted by molar-refractivity contribution is 9.10. The number of nitrogens with zero attached hydrogens (tertiary/aromatic N) is 1. The average Bonchev–Trinajstić information content (AvgIpc) is 2.67. The molecular formula is C19H17BrN2O4. The zero-order valence-electron chi connectivity index (χ0n) is 14.5. The normalized spacial score (nSPS) is 10.5. The van der Waals surface area contributed by atoms with Crippen LogP contribution in [0.5, 0.6) is 23.0 Å². The molecule has 0 spiro atoms. The van der Waals surface area contributed by atoms with Gasteiger partial charge in [-0.15, -0.1) is 0 Å². The van der Waals surface area contributed by atoms with Crippen molar-refractivity contribution in [2.75, 3.05) is 21.3 Å². The van der Waals surface area contributed by atoms with Gasteiger partial charge in [-0.3, -0.25) is 9.78 Å². The molecule has 0 aliphatic heterocycles. The Morgan fingerprint density at radius 3 is 2.54 bits per heavy atom. The molecule has 26 heavy (non-hydrogen) atoms. The Labute approximate surface area is 159 Å². The van der Waals surface area contributed by atoms with Crippen LogP contribution in [0.4, 0.5) is 0 Å². The first-order valence-electron chi connectivity index (χ1n) is 7.77. The van der Waals surface area contributed by atoms with E-state index in [9.17, 15) is 4.79 Å². The van der Waals surface area contributed by atoms with Crippen molar-refractivity contribution in [3.05, 3.63) is 52.6 Å². The second-order valence-corrected chi connectivity index (χ2v) is 6.21. The SMILES string of the molecule is CNC(=O)c1cc(OC)ccc1Oc1ccnc2cc(OC)c(Br)cc12. The molecule has 0 saturated carbocycles. The summed E-state index contributed by atoms with van der Waals surface area (Å²) in [6, 6.07) is 10.5. The molecule has 6 nitrogen and oxygen atoms in total. The predicted octanol–water partition coefficient (Wildman–Crippen LogP) is 4.17. The lowest BCUT2D eigenvalue weighted by atomic mass is 10.1. The molecule has 7 heteroatoms. The van der Waals surface area contributed by atoms with Crippen molar-refractivity contribution in [1.29, 1.82) is 0 Å². The Morgan fingerprint density at radius 2 is 1.85 bits per heavy atom. The summed E-state index contributed by atoms with van der Waals surface area (Å²) >= 11 is 3.48. The Kier molecular flexibility index (Phi) is 5.27. The number of nitrogens with one attached hydrogen (secondary N) is 1. The number of carbonyl (C=O) groups is 1. The monoisotopic (exact) mass is 416 g/mol. The first-order valence-corrected chi connectivity index (χ1v) is 8.57. The largest absolute Gasteiger partial charge is 0.497 e. The second-order valence-electron chi connectivity index (χ2n) is 5.36. The maximum absolute atomic E-state index is 12.2. The molecule has 0 aliphatic rings. The molecule has 0 atom stereocenters. The van der Waals surface area contributed by atoms with Crippen LogP contribution in [-0.4, -0.2) is 32.2 Å². The fourth-order valence-corrected chi connectivity index (χ4v) is 3.03. The molecule has 1 N–H and O–H groups in total. The third kappa shape index (κ3) is 3.43. The highest BCUT2D eigenvalue weighted by Crippen LogP contribution is 2.36. The van der Waals surface area contributed by atoms with Gasteiger partial charge < -0.3 is 19.5 Å². The van der Waals surface area contributed by atoms with Gasteiger partial charge in [0.15, 0.2) is 0 Å². The van der Waals surface area contributed by atoms with Gasteiger partial charge in [-0.2, -0.15) is 0 Å². The Morgan fingerprint density at radius 1 is 1.04 bits per heavy atom. The number of hydrogen-bond acceptors (Lipinski definition) is 5. The van der Waals surface area contributed by atoms with Crippen molar-refractivity contribution >= 4 is 32.7 Å². The van der Waals surface area contributed by atoms with E-state index in [0.29, 0.717) is 28.6 Å². The van der Waals surface area contributed by atoms with Gasteiger partial charge in [0.05, 0.1) is 29.8 Å². The van der Waals surface area contributed by atoms with Crippen LogP contribution in [0, 0.1) is 0 Å². The van der Waals surface area contributed by atoms with Gasteiger partial charge in [-0.25, -0.2) is 0 Å². The third-order valence-electron chi connectivity index (χ3n) is 3.85. The number of carbonyl (C=O) groups excluding carboxylic acids is 1. The maximum Gasteiger partial charge on any atom is 0.254 e. The second kappa shape index (κ2) is 7.61. The number of rotatable bonds is 5. The van der Waals surface area contributed by atoms with Crippen LogP contribution in [0.2, 0.25) is 0 Å². The first-order chi connectivity index (χ1) is 12.6. The Bertz CT molecular complexity index is 975. The van der Waals surface area contributed by atoms with E-state index in [4.69, 9.17) is 14.2 Å². The molecule has 0 fully saturated rings. The first kappa shape index (κ1) is 18.0. The summed E-state index contributed by atoms with van der Waals surface area (Å²) in [4.78, 5) is 16.6. The number of methoxy groups -OCH3 is 2. The highest BCUT2D eigenvalue weighted by Gasteiger charge is 2.16. The van der Waals surface area contributed by atoms with E-state index in [1.807, 2.05) is 12.1 Å². The van der Waals surface area contributed by atoms with E-state index in [1.165, 1.54) is 0 Å². The van der Waals surface area contributed by atoms with Gasteiger partial charge in [0.25, 0.3) is 5.91 Å². The maximum atomic E-state index is 12.2. The van der Waals surface area contributed by atoms with Gasteiger partial charge in [0, 0.05) is 24.7 Å². The smallest absolute Gasteiger partial charge is 0.254 e. The minimum absolute atomic E-state index is 0.264. The van der Waals surface area contributed by atoms with Crippen LogP contribution in [0.3, 0.4) is 0 Å². The fraction of sp³-hybridized carbons (Fsp3) is 0.158. The third-order valence-corrected chi connectivity index (χ3v) is 4.47. The van der Waals surface area contributed by atoms with E-state index in [2.05, 4.69) is 26.2 Å². The van der Waals surface area contributed by atoms with Crippen LogP contribution in [-0.2, 0) is 0 Å². The highest BCUT2D eigenvalue weighted by atomic mass is 79.9. The van der Waals surface area contributed by atoms with Crippen molar-refractivity contribution in [3.8, 4) is 23.0 Å². The number of aromatic nitrogens is 1. The molecule has 1 heterocycles. The molecular weight excluding hydrogens is 400 g/mol. The summed E-state index contributed by atoms with van der Waals surface area (Å²) in [5, 5.41) is 3.40. The predicted molar refractivity (Wildman–Crippen MR) is 102 cm³/mol. The lowest BCUT2D eigenvalue weighted by Gasteiger charge is -2.14. The summed E-state index contributed by atoms with van der Waals surface area (Å²) in [6.07, 6.45) is 1.65. The lowest BCUT2D eigenvalue weighted by Crippen LogP contribution is -2.18. The minimum Gasteiger partial charge on any atom is -0.497 e. The number of halogens is 1. The average molecular weight is 417 g/mol. The van der Waals surface area contributed by atoms with Gasteiger partial charge in [-0.05, 0) is 46.3 Å². The zero-order valence-corrected chi connectivity index (χ0v) is 16.1. The van der Waals surface area contributed by atoms with Crippen molar-refractivity contribution in [2.24, 2.45) is 0 Å². The van der Waals surface area contributed by atoms with E-state index >= 15 is 0 Å².